The molecule has 146 valence electrons. The molecule has 0 heterocycles. The Morgan fingerprint density at radius 1 is 1.15 bits per heavy atom. The first kappa shape index (κ1) is 22.1. The summed E-state index contributed by atoms with van der Waals surface area (Å²) < 4.78 is 31.5. The van der Waals surface area contributed by atoms with Gasteiger partial charge in [-0.1, -0.05) is 33.3 Å². The van der Waals surface area contributed by atoms with Crippen molar-refractivity contribution in [2.45, 2.75) is 45.4 Å². The van der Waals surface area contributed by atoms with E-state index in [2.05, 4.69) is 5.32 Å². The number of rotatable bonds is 10. The fourth-order valence-electron chi connectivity index (χ4n) is 2.36. The van der Waals surface area contributed by atoms with E-state index >= 15 is 0 Å². The lowest BCUT2D eigenvalue weighted by atomic mass is 10.1. The summed E-state index contributed by atoms with van der Waals surface area (Å²) in [5.74, 6) is -1.10. The van der Waals surface area contributed by atoms with Gasteiger partial charge in [-0.3, -0.25) is 4.79 Å². The van der Waals surface area contributed by atoms with Crippen LogP contribution in [0.1, 0.15) is 49.5 Å². The van der Waals surface area contributed by atoms with Crippen molar-refractivity contribution in [1.82, 2.24) is 9.62 Å². The van der Waals surface area contributed by atoms with Gasteiger partial charge in [0.15, 0.2) is 6.61 Å². The molecular formula is C18H28N2O5S. The van der Waals surface area contributed by atoms with E-state index in [0.29, 0.717) is 25.2 Å². The van der Waals surface area contributed by atoms with Gasteiger partial charge in [0.25, 0.3) is 5.91 Å². The normalized spacial score (nSPS) is 11.4. The van der Waals surface area contributed by atoms with Crippen LogP contribution in [0.5, 0.6) is 0 Å². The van der Waals surface area contributed by atoms with Crippen molar-refractivity contribution in [2.75, 3.05) is 26.2 Å². The lowest BCUT2D eigenvalue weighted by Gasteiger charge is -2.19. The summed E-state index contributed by atoms with van der Waals surface area (Å²) >= 11 is 0. The van der Waals surface area contributed by atoms with Crippen molar-refractivity contribution in [1.29, 1.82) is 0 Å². The number of esters is 1. The molecule has 0 saturated carbocycles. The zero-order valence-electron chi connectivity index (χ0n) is 15.9. The van der Waals surface area contributed by atoms with E-state index in [1.807, 2.05) is 6.92 Å². The second kappa shape index (κ2) is 10.3. The third-order valence-corrected chi connectivity index (χ3v) is 6.00. The molecule has 0 aliphatic rings. The van der Waals surface area contributed by atoms with Crippen LogP contribution >= 0.6 is 0 Å². The molecule has 0 bridgehead atoms. The topological polar surface area (TPSA) is 92.8 Å². The Kier molecular flexibility index (Phi) is 8.74. The molecule has 0 fully saturated rings. The molecule has 1 N–H and O–H groups in total. The molecule has 0 aliphatic carbocycles. The van der Waals surface area contributed by atoms with Crippen molar-refractivity contribution in [3.63, 3.8) is 0 Å². The molecule has 26 heavy (non-hydrogen) atoms. The molecule has 0 aromatic heterocycles. The van der Waals surface area contributed by atoms with Gasteiger partial charge < -0.3 is 10.1 Å². The summed E-state index contributed by atoms with van der Waals surface area (Å²) in [4.78, 5) is 24.0. The number of ether oxygens (including phenoxy) is 1. The molecule has 1 amide bonds. The molecule has 0 aliphatic heterocycles. The van der Waals surface area contributed by atoms with Crippen LogP contribution in [-0.4, -0.2) is 50.8 Å². The highest BCUT2D eigenvalue weighted by atomic mass is 32.2. The minimum absolute atomic E-state index is 0.0335. The second-order valence-corrected chi connectivity index (χ2v) is 7.78. The van der Waals surface area contributed by atoms with Crippen LogP contribution < -0.4 is 5.32 Å². The summed E-state index contributed by atoms with van der Waals surface area (Å²) in [7, 11) is -3.67. The maximum atomic E-state index is 12.6. The number of amides is 1. The Labute approximate surface area is 155 Å². The van der Waals surface area contributed by atoms with Crippen molar-refractivity contribution in [3.05, 3.63) is 29.3 Å². The van der Waals surface area contributed by atoms with E-state index < -0.39 is 22.6 Å². The van der Waals surface area contributed by atoms with E-state index in [0.717, 1.165) is 12.8 Å². The lowest BCUT2D eigenvalue weighted by Crippen LogP contribution is -2.31. The maximum Gasteiger partial charge on any atom is 0.338 e. The molecular weight excluding hydrogens is 356 g/mol. The number of unbranched alkanes of at least 4 members (excludes halogenated alkanes) is 1. The van der Waals surface area contributed by atoms with Gasteiger partial charge in [0.1, 0.15) is 0 Å². The van der Waals surface area contributed by atoms with Crippen molar-refractivity contribution in [3.8, 4) is 0 Å². The van der Waals surface area contributed by atoms with Crippen molar-refractivity contribution >= 4 is 21.9 Å². The summed E-state index contributed by atoms with van der Waals surface area (Å²) in [5.41, 5.74) is 0.722. The Bertz CT molecular complexity index is 727. The molecule has 0 radical (unpaired) electrons. The van der Waals surface area contributed by atoms with E-state index in [1.54, 1.807) is 26.8 Å². The number of sulfonamides is 1. The highest BCUT2D eigenvalue weighted by molar-refractivity contribution is 7.89. The monoisotopic (exact) mass is 384 g/mol. The zero-order chi connectivity index (χ0) is 19.7. The highest BCUT2D eigenvalue weighted by Crippen LogP contribution is 2.20. The standard InChI is InChI=1S/C18H28N2O5S/c1-5-8-11-19-17(21)13-25-18(22)16-12-15(10-9-14(16)4)26(23,24)20(6-2)7-3/h9-10,12H,5-8,11,13H2,1-4H3,(H,19,21). The van der Waals surface area contributed by atoms with E-state index in [9.17, 15) is 18.0 Å². The van der Waals surface area contributed by atoms with Crippen LogP contribution in [0.4, 0.5) is 0 Å². The molecule has 1 rings (SSSR count). The first-order valence-electron chi connectivity index (χ1n) is 8.82. The summed E-state index contributed by atoms with van der Waals surface area (Å²) in [6.07, 6.45) is 1.80. The molecule has 0 atom stereocenters. The minimum atomic E-state index is -3.67. The van der Waals surface area contributed by atoms with E-state index in [4.69, 9.17) is 4.74 Å². The zero-order valence-corrected chi connectivity index (χ0v) is 16.7. The number of hydrogen-bond acceptors (Lipinski definition) is 5. The molecule has 0 spiro atoms. The molecule has 1 aromatic carbocycles. The van der Waals surface area contributed by atoms with Gasteiger partial charge in [0, 0.05) is 19.6 Å². The second-order valence-electron chi connectivity index (χ2n) is 5.85. The third-order valence-electron chi connectivity index (χ3n) is 3.96. The maximum absolute atomic E-state index is 12.6. The van der Waals surface area contributed by atoms with Gasteiger partial charge in [-0.05, 0) is 31.0 Å². The number of hydrogen-bond donors (Lipinski definition) is 1. The first-order valence-corrected chi connectivity index (χ1v) is 10.3. The highest BCUT2D eigenvalue weighted by Gasteiger charge is 2.24. The van der Waals surface area contributed by atoms with E-state index in [1.165, 1.54) is 16.4 Å². The summed E-state index contributed by atoms with van der Waals surface area (Å²) in [6, 6.07) is 4.34. The number of aryl methyl sites for hydroxylation is 1. The average molecular weight is 384 g/mol. The van der Waals surface area contributed by atoms with Crippen LogP contribution in [0.2, 0.25) is 0 Å². The van der Waals surface area contributed by atoms with Crippen LogP contribution in [0.15, 0.2) is 23.1 Å². The van der Waals surface area contributed by atoms with Gasteiger partial charge in [0.2, 0.25) is 10.0 Å². The lowest BCUT2D eigenvalue weighted by molar-refractivity contribution is -0.124. The van der Waals surface area contributed by atoms with Gasteiger partial charge in [-0.2, -0.15) is 4.31 Å². The number of nitrogens with zero attached hydrogens (tertiary/aromatic N) is 1. The van der Waals surface area contributed by atoms with Gasteiger partial charge >= 0.3 is 5.97 Å². The Morgan fingerprint density at radius 2 is 1.81 bits per heavy atom. The van der Waals surface area contributed by atoms with Crippen LogP contribution in [-0.2, 0) is 19.6 Å². The molecule has 8 heteroatoms. The van der Waals surface area contributed by atoms with Crippen LogP contribution in [0, 0.1) is 6.92 Å². The SMILES string of the molecule is CCCCNC(=O)COC(=O)c1cc(S(=O)(=O)N(CC)CC)ccc1C. The van der Waals surface area contributed by atoms with Gasteiger partial charge in [-0.15, -0.1) is 0 Å². The average Bonchev–Trinajstić information content (AvgIpc) is 2.61. The quantitative estimate of drug-likeness (QED) is 0.493. The molecule has 0 unspecified atom stereocenters. The Hall–Kier alpha value is -1.93. The predicted molar refractivity (Wildman–Crippen MR) is 99.5 cm³/mol. The third kappa shape index (κ3) is 5.81. The van der Waals surface area contributed by atoms with Gasteiger partial charge in [-0.25, -0.2) is 13.2 Å². The van der Waals surface area contributed by atoms with E-state index in [-0.39, 0.29) is 16.4 Å². The van der Waals surface area contributed by atoms with Crippen LogP contribution in [0.3, 0.4) is 0 Å². The fourth-order valence-corrected chi connectivity index (χ4v) is 3.84. The Morgan fingerprint density at radius 3 is 2.38 bits per heavy atom. The number of nitrogens with one attached hydrogen (secondary N) is 1. The fraction of sp³-hybridized carbons (Fsp3) is 0.556. The van der Waals surface area contributed by atoms with Crippen LogP contribution in [0.25, 0.3) is 0 Å². The smallest absolute Gasteiger partial charge is 0.338 e. The molecule has 0 saturated heterocycles. The molecule has 7 nitrogen and oxygen atoms in total. The van der Waals surface area contributed by atoms with Crippen molar-refractivity contribution < 1.29 is 22.7 Å². The molecule has 1 aromatic rings. The minimum Gasteiger partial charge on any atom is -0.452 e. The first-order chi connectivity index (χ1) is 12.3. The number of carbonyl (C=O) groups excluding carboxylic acids is 2. The Balaban J connectivity index is 2.90. The van der Waals surface area contributed by atoms with Crippen molar-refractivity contribution in [2.24, 2.45) is 0 Å². The summed E-state index contributed by atoms with van der Waals surface area (Å²) in [6.45, 7) is 8.01. The van der Waals surface area contributed by atoms with Gasteiger partial charge in [0.05, 0.1) is 10.5 Å². The number of benzene rings is 1. The predicted octanol–water partition coefficient (Wildman–Crippen LogP) is 2.10. The summed E-state index contributed by atoms with van der Waals surface area (Å²) in [5, 5.41) is 2.65. The number of carbonyl (C=O) groups is 2. The largest absolute Gasteiger partial charge is 0.452 e.